The lowest BCUT2D eigenvalue weighted by Crippen LogP contribution is -2.65. The third kappa shape index (κ3) is 2.97. The summed E-state index contributed by atoms with van der Waals surface area (Å²) in [5.41, 5.74) is 2.34. The van der Waals surface area contributed by atoms with E-state index in [1.54, 1.807) is 5.57 Å². The molecule has 0 aromatic rings. The van der Waals surface area contributed by atoms with Crippen molar-refractivity contribution < 1.29 is 15.3 Å². The lowest BCUT2D eigenvalue weighted by Gasteiger charge is -2.71. The molecular weight excluding hydrogens is 408 g/mol. The highest BCUT2D eigenvalue weighted by Crippen LogP contribution is 2.75. The van der Waals surface area contributed by atoms with Crippen molar-refractivity contribution in [2.24, 2.45) is 50.2 Å². The van der Waals surface area contributed by atoms with E-state index in [1.165, 1.54) is 32.1 Å². The first-order valence-electron chi connectivity index (χ1n) is 13.9. The molecule has 5 aliphatic carbocycles. The maximum Gasteiger partial charge on any atom is 0.0618 e. The van der Waals surface area contributed by atoms with Crippen molar-refractivity contribution >= 4 is 0 Å². The highest BCUT2D eigenvalue weighted by Gasteiger charge is 2.68. The van der Waals surface area contributed by atoms with Gasteiger partial charge in [0.2, 0.25) is 0 Å². The van der Waals surface area contributed by atoms with E-state index in [4.69, 9.17) is 0 Å². The van der Waals surface area contributed by atoms with Gasteiger partial charge in [0.15, 0.2) is 0 Å². The summed E-state index contributed by atoms with van der Waals surface area (Å²) >= 11 is 0. The van der Waals surface area contributed by atoms with Crippen molar-refractivity contribution in [3.8, 4) is 0 Å². The van der Waals surface area contributed by atoms with Crippen molar-refractivity contribution in [3.05, 3.63) is 11.6 Å². The number of aliphatic hydroxyl groups excluding tert-OH is 3. The molecule has 33 heavy (non-hydrogen) atoms. The van der Waals surface area contributed by atoms with Gasteiger partial charge in [-0.05, 0) is 104 Å². The summed E-state index contributed by atoms with van der Waals surface area (Å²) in [5, 5.41) is 32.0. The standard InChI is InChI=1S/C30H50O3/c1-25(2)13-15-30(19-32)16-14-28(5)20(21(30)17-25)7-8-23-26(3)11-10-24(33)27(4,18-31)22(26)9-12-29(23,28)6/h7,21-24,31-33H,8-19H2,1-6H3/t21-,22+,23+,24?,26-,27-,28+,29+,30+/m0/s1. The first kappa shape index (κ1) is 24.3. The smallest absolute Gasteiger partial charge is 0.0618 e. The van der Waals surface area contributed by atoms with E-state index in [1.807, 2.05) is 0 Å². The normalized spacial score (nSPS) is 55.5. The lowest BCUT2D eigenvalue weighted by molar-refractivity contribution is -0.216. The third-order valence-electron chi connectivity index (χ3n) is 13.2. The van der Waals surface area contributed by atoms with Gasteiger partial charge in [0.05, 0.1) is 12.7 Å². The molecule has 0 saturated heterocycles. The fourth-order valence-corrected chi connectivity index (χ4v) is 10.7. The highest BCUT2D eigenvalue weighted by molar-refractivity contribution is 5.33. The van der Waals surface area contributed by atoms with Crippen molar-refractivity contribution in [3.63, 3.8) is 0 Å². The van der Waals surface area contributed by atoms with Gasteiger partial charge in [-0.2, -0.15) is 0 Å². The van der Waals surface area contributed by atoms with Crippen molar-refractivity contribution in [2.75, 3.05) is 13.2 Å². The van der Waals surface area contributed by atoms with E-state index in [0.717, 1.165) is 32.1 Å². The fourth-order valence-electron chi connectivity index (χ4n) is 10.7. The van der Waals surface area contributed by atoms with Gasteiger partial charge in [0.25, 0.3) is 0 Å². The van der Waals surface area contributed by atoms with Crippen molar-refractivity contribution in [1.82, 2.24) is 0 Å². The van der Waals surface area contributed by atoms with Crippen LogP contribution in [0.3, 0.4) is 0 Å². The summed E-state index contributed by atoms with van der Waals surface area (Å²) < 4.78 is 0. The van der Waals surface area contributed by atoms with Crippen LogP contribution in [-0.2, 0) is 0 Å². The third-order valence-corrected chi connectivity index (χ3v) is 13.2. The van der Waals surface area contributed by atoms with E-state index in [9.17, 15) is 15.3 Å². The van der Waals surface area contributed by atoms with Crippen LogP contribution in [0.25, 0.3) is 0 Å². The molecule has 0 aromatic carbocycles. The largest absolute Gasteiger partial charge is 0.396 e. The first-order chi connectivity index (χ1) is 15.3. The Kier molecular flexibility index (Phi) is 5.40. The Labute approximate surface area is 202 Å². The highest BCUT2D eigenvalue weighted by atomic mass is 16.3. The van der Waals surface area contributed by atoms with E-state index in [-0.39, 0.29) is 39.8 Å². The van der Waals surface area contributed by atoms with Crippen LogP contribution >= 0.6 is 0 Å². The molecular formula is C30H50O3. The molecule has 0 heterocycles. The molecule has 0 spiro atoms. The predicted octanol–water partition coefficient (Wildman–Crippen LogP) is 6.11. The molecule has 9 atom stereocenters. The van der Waals surface area contributed by atoms with Gasteiger partial charge >= 0.3 is 0 Å². The number of hydrogen-bond acceptors (Lipinski definition) is 3. The fraction of sp³-hybridized carbons (Fsp3) is 0.933. The number of fused-ring (bicyclic) bond motifs is 7. The van der Waals surface area contributed by atoms with Crippen molar-refractivity contribution in [1.29, 1.82) is 0 Å². The zero-order chi connectivity index (χ0) is 24.1. The monoisotopic (exact) mass is 458 g/mol. The summed E-state index contributed by atoms with van der Waals surface area (Å²) in [6.45, 7) is 15.1. The summed E-state index contributed by atoms with van der Waals surface area (Å²) in [6, 6.07) is 0. The zero-order valence-corrected chi connectivity index (χ0v) is 22.2. The van der Waals surface area contributed by atoms with Gasteiger partial charge in [-0.3, -0.25) is 0 Å². The molecule has 3 heteroatoms. The molecule has 188 valence electrons. The van der Waals surface area contributed by atoms with Crippen LogP contribution < -0.4 is 0 Å². The van der Waals surface area contributed by atoms with Crippen LogP contribution in [-0.4, -0.2) is 34.6 Å². The molecule has 4 fully saturated rings. The van der Waals surface area contributed by atoms with Crippen molar-refractivity contribution in [2.45, 2.75) is 112 Å². The molecule has 0 aliphatic heterocycles. The molecule has 0 bridgehead atoms. The van der Waals surface area contributed by atoms with E-state index >= 15 is 0 Å². The van der Waals surface area contributed by atoms with E-state index < -0.39 is 0 Å². The summed E-state index contributed by atoms with van der Waals surface area (Å²) in [6.07, 6.45) is 13.6. The number of allylic oxidation sites excluding steroid dienone is 2. The Bertz CT molecular complexity index is 832. The van der Waals surface area contributed by atoms with Gasteiger partial charge < -0.3 is 15.3 Å². The molecule has 4 saturated carbocycles. The number of aliphatic hydroxyl groups is 3. The Hall–Kier alpha value is -0.380. The second-order valence-corrected chi connectivity index (χ2v) is 15.0. The Balaban J connectivity index is 1.58. The molecule has 3 nitrogen and oxygen atoms in total. The SMILES string of the molecule is CC1(C)CC[C@]2(CO)CC[C@]3(C)C(=CC[C@@H]4[C@@]5(C)CCC(O)[C@@](C)(CO)[C@@H]5CC[C@]43C)[C@@H]2C1. The Morgan fingerprint density at radius 3 is 2.18 bits per heavy atom. The molecule has 5 rings (SSSR count). The minimum atomic E-state index is -0.389. The average Bonchev–Trinajstić information content (AvgIpc) is 2.77. The maximum absolute atomic E-state index is 10.9. The summed E-state index contributed by atoms with van der Waals surface area (Å²) in [4.78, 5) is 0. The molecule has 0 radical (unpaired) electrons. The van der Waals surface area contributed by atoms with Gasteiger partial charge in [0.1, 0.15) is 0 Å². The lowest BCUT2D eigenvalue weighted by atomic mass is 9.33. The van der Waals surface area contributed by atoms with Crippen LogP contribution in [0.2, 0.25) is 0 Å². The van der Waals surface area contributed by atoms with E-state index in [0.29, 0.717) is 29.8 Å². The maximum atomic E-state index is 10.9. The topological polar surface area (TPSA) is 60.7 Å². The minimum absolute atomic E-state index is 0.0897. The molecule has 1 unspecified atom stereocenters. The molecule has 0 aromatic heterocycles. The van der Waals surface area contributed by atoms with Gasteiger partial charge in [0, 0.05) is 17.4 Å². The Morgan fingerprint density at radius 1 is 0.818 bits per heavy atom. The second-order valence-electron chi connectivity index (χ2n) is 15.0. The zero-order valence-electron chi connectivity index (χ0n) is 22.2. The number of hydrogen-bond donors (Lipinski definition) is 3. The van der Waals surface area contributed by atoms with Crippen LogP contribution in [0.5, 0.6) is 0 Å². The summed E-state index contributed by atoms with van der Waals surface area (Å²) in [7, 11) is 0. The van der Waals surface area contributed by atoms with Gasteiger partial charge in [-0.15, -0.1) is 0 Å². The second kappa shape index (κ2) is 7.32. The van der Waals surface area contributed by atoms with Gasteiger partial charge in [-0.25, -0.2) is 0 Å². The summed E-state index contributed by atoms with van der Waals surface area (Å²) in [5.74, 6) is 1.49. The average molecular weight is 459 g/mol. The van der Waals surface area contributed by atoms with Crippen LogP contribution in [0.1, 0.15) is 106 Å². The van der Waals surface area contributed by atoms with Crippen LogP contribution in [0.4, 0.5) is 0 Å². The minimum Gasteiger partial charge on any atom is -0.396 e. The van der Waals surface area contributed by atoms with Crippen LogP contribution in [0, 0.1) is 50.2 Å². The predicted molar refractivity (Wildman–Crippen MR) is 134 cm³/mol. The molecule has 3 N–H and O–H groups in total. The van der Waals surface area contributed by atoms with E-state index in [2.05, 4.69) is 47.6 Å². The van der Waals surface area contributed by atoms with Gasteiger partial charge in [-0.1, -0.05) is 53.2 Å². The number of rotatable bonds is 2. The van der Waals surface area contributed by atoms with Crippen LogP contribution in [0.15, 0.2) is 11.6 Å². The molecule has 5 aliphatic rings. The first-order valence-corrected chi connectivity index (χ1v) is 13.9. The Morgan fingerprint density at radius 2 is 1.52 bits per heavy atom. The quantitative estimate of drug-likeness (QED) is 0.437. The molecule has 0 amide bonds.